The number of nitrogens with zero attached hydrogens (tertiary/aromatic N) is 2. The van der Waals surface area contributed by atoms with E-state index in [0.717, 1.165) is 6.07 Å². The topological polar surface area (TPSA) is 90.3 Å². The number of nitrogens with one attached hydrogen (secondary N) is 1. The summed E-state index contributed by atoms with van der Waals surface area (Å²) in [5, 5.41) is 3.93. The van der Waals surface area contributed by atoms with E-state index < -0.39 is 21.8 Å². The SMILES string of the molecule is CCOC(=O)c1ccc(S(=O)(=O)Nc2ccc(-n3cccn3)c(F)c2)cc1. The number of halogens is 1. The molecule has 0 bridgehead atoms. The predicted octanol–water partition coefficient (Wildman–Crippen LogP) is 2.99. The number of ether oxygens (including phenoxy) is 1. The Bertz CT molecular complexity index is 1050. The molecule has 0 amide bonds. The molecule has 0 fully saturated rings. The third kappa shape index (κ3) is 4.14. The highest BCUT2D eigenvalue weighted by molar-refractivity contribution is 7.92. The lowest BCUT2D eigenvalue weighted by molar-refractivity contribution is 0.0526. The molecule has 0 aliphatic heterocycles. The number of anilines is 1. The molecule has 0 atom stereocenters. The third-order valence-electron chi connectivity index (χ3n) is 3.63. The van der Waals surface area contributed by atoms with Crippen molar-refractivity contribution in [3.05, 3.63) is 72.3 Å². The van der Waals surface area contributed by atoms with Gasteiger partial charge in [-0.25, -0.2) is 22.3 Å². The van der Waals surface area contributed by atoms with Crippen LogP contribution in [0.15, 0.2) is 65.8 Å². The smallest absolute Gasteiger partial charge is 0.338 e. The summed E-state index contributed by atoms with van der Waals surface area (Å²) < 4.78 is 47.7. The summed E-state index contributed by atoms with van der Waals surface area (Å²) in [6, 6.07) is 10.8. The van der Waals surface area contributed by atoms with Gasteiger partial charge in [0.05, 0.1) is 22.8 Å². The van der Waals surface area contributed by atoms with Gasteiger partial charge in [0, 0.05) is 18.5 Å². The molecular formula is C18H16FN3O4S. The van der Waals surface area contributed by atoms with Crippen molar-refractivity contribution in [1.82, 2.24) is 9.78 Å². The van der Waals surface area contributed by atoms with Crippen LogP contribution in [0.1, 0.15) is 17.3 Å². The summed E-state index contributed by atoms with van der Waals surface area (Å²) in [5.41, 5.74) is 0.505. The highest BCUT2D eigenvalue weighted by Gasteiger charge is 2.17. The maximum Gasteiger partial charge on any atom is 0.338 e. The van der Waals surface area contributed by atoms with E-state index in [2.05, 4.69) is 9.82 Å². The molecule has 0 radical (unpaired) electrons. The standard InChI is InChI=1S/C18H16FN3O4S/c1-2-26-18(23)13-4-7-15(8-5-13)27(24,25)21-14-6-9-17(16(19)12-14)22-11-3-10-20-22/h3-12,21H,2H2,1H3. The van der Waals surface area contributed by atoms with E-state index in [4.69, 9.17) is 4.74 Å². The Morgan fingerprint density at radius 1 is 1.22 bits per heavy atom. The Morgan fingerprint density at radius 2 is 1.96 bits per heavy atom. The molecule has 7 nitrogen and oxygen atoms in total. The average molecular weight is 389 g/mol. The fraction of sp³-hybridized carbons (Fsp3) is 0.111. The van der Waals surface area contributed by atoms with E-state index in [9.17, 15) is 17.6 Å². The monoisotopic (exact) mass is 389 g/mol. The fourth-order valence-corrected chi connectivity index (χ4v) is 3.42. The predicted molar refractivity (Wildman–Crippen MR) is 96.7 cm³/mol. The lowest BCUT2D eigenvalue weighted by atomic mass is 10.2. The molecule has 0 spiro atoms. The lowest BCUT2D eigenvalue weighted by Crippen LogP contribution is -2.14. The molecule has 27 heavy (non-hydrogen) atoms. The number of aromatic nitrogens is 2. The maximum absolute atomic E-state index is 14.3. The minimum atomic E-state index is -3.94. The maximum atomic E-state index is 14.3. The van der Waals surface area contributed by atoms with Gasteiger partial charge in [-0.05, 0) is 49.4 Å². The molecule has 0 saturated heterocycles. The third-order valence-corrected chi connectivity index (χ3v) is 5.02. The zero-order valence-electron chi connectivity index (χ0n) is 14.3. The Hall–Kier alpha value is -3.20. The van der Waals surface area contributed by atoms with Crippen molar-refractivity contribution in [3.63, 3.8) is 0 Å². The molecule has 1 N–H and O–H groups in total. The highest BCUT2D eigenvalue weighted by Crippen LogP contribution is 2.21. The van der Waals surface area contributed by atoms with Crippen LogP contribution in [-0.2, 0) is 14.8 Å². The van der Waals surface area contributed by atoms with E-state index >= 15 is 0 Å². The first-order valence-corrected chi connectivity index (χ1v) is 9.48. The molecule has 2 aromatic carbocycles. The Kier molecular flexibility index (Phi) is 5.22. The average Bonchev–Trinajstić information content (AvgIpc) is 3.16. The minimum absolute atomic E-state index is 0.0629. The van der Waals surface area contributed by atoms with Gasteiger partial charge in [-0.15, -0.1) is 0 Å². The Morgan fingerprint density at radius 3 is 2.56 bits per heavy atom. The summed E-state index contributed by atoms with van der Waals surface area (Å²) >= 11 is 0. The van der Waals surface area contributed by atoms with Crippen molar-refractivity contribution in [3.8, 4) is 5.69 Å². The number of sulfonamides is 1. The molecule has 0 saturated carbocycles. The second-order valence-electron chi connectivity index (χ2n) is 5.47. The number of hydrogen-bond acceptors (Lipinski definition) is 5. The largest absolute Gasteiger partial charge is 0.462 e. The molecule has 3 aromatic rings. The van der Waals surface area contributed by atoms with Gasteiger partial charge in [-0.1, -0.05) is 0 Å². The number of esters is 1. The Labute approximate surface area is 155 Å². The van der Waals surface area contributed by atoms with Gasteiger partial charge in [0.2, 0.25) is 0 Å². The van der Waals surface area contributed by atoms with Gasteiger partial charge in [-0.3, -0.25) is 4.72 Å². The van der Waals surface area contributed by atoms with Crippen LogP contribution in [0, 0.1) is 5.82 Å². The van der Waals surface area contributed by atoms with Gasteiger partial charge in [0.25, 0.3) is 10.0 Å². The van der Waals surface area contributed by atoms with Gasteiger partial charge in [-0.2, -0.15) is 5.10 Å². The van der Waals surface area contributed by atoms with Crippen molar-refractivity contribution in [2.75, 3.05) is 11.3 Å². The van der Waals surface area contributed by atoms with Crippen molar-refractivity contribution < 1.29 is 22.3 Å². The number of rotatable bonds is 6. The number of hydrogen-bond donors (Lipinski definition) is 1. The number of benzene rings is 2. The lowest BCUT2D eigenvalue weighted by Gasteiger charge is -2.10. The van der Waals surface area contributed by atoms with Crippen LogP contribution in [0.3, 0.4) is 0 Å². The summed E-state index contributed by atoms with van der Waals surface area (Å²) in [7, 11) is -3.94. The highest BCUT2D eigenvalue weighted by atomic mass is 32.2. The minimum Gasteiger partial charge on any atom is -0.462 e. The zero-order chi connectivity index (χ0) is 19.4. The molecular weight excluding hydrogens is 373 g/mol. The molecule has 3 rings (SSSR count). The molecule has 1 aromatic heterocycles. The molecule has 140 valence electrons. The van der Waals surface area contributed by atoms with Gasteiger partial charge >= 0.3 is 5.97 Å². The number of carbonyl (C=O) groups is 1. The van der Waals surface area contributed by atoms with Crippen LogP contribution < -0.4 is 4.72 Å². The van der Waals surface area contributed by atoms with Crippen LogP contribution in [0.5, 0.6) is 0 Å². The van der Waals surface area contributed by atoms with Crippen molar-refractivity contribution in [2.45, 2.75) is 11.8 Å². The first-order chi connectivity index (χ1) is 12.9. The molecule has 0 aliphatic rings. The van der Waals surface area contributed by atoms with Crippen LogP contribution in [0.2, 0.25) is 0 Å². The first kappa shape index (κ1) is 18.6. The van der Waals surface area contributed by atoms with E-state index in [1.807, 2.05) is 0 Å². The molecule has 0 unspecified atom stereocenters. The Balaban J connectivity index is 1.80. The molecule has 9 heteroatoms. The first-order valence-electron chi connectivity index (χ1n) is 8.00. The second kappa shape index (κ2) is 7.58. The van der Waals surface area contributed by atoms with E-state index in [-0.39, 0.29) is 28.4 Å². The zero-order valence-corrected chi connectivity index (χ0v) is 15.1. The summed E-state index contributed by atoms with van der Waals surface area (Å²) in [5.74, 6) is -1.16. The quantitative estimate of drug-likeness (QED) is 0.655. The summed E-state index contributed by atoms with van der Waals surface area (Å²) in [6.07, 6.45) is 3.09. The van der Waals surface area contributed by atoms with Crippen molar-refractivity contribution in [2.24, 2.45) is 0 Å². The van der Waals surface area contributed by atoms with Crippen molar-refractivity contribution >= 4 is 21.7 Å². The van der Waals surface area contributed by atoms with Gasteiger partial charge in [0.15, 0.2) is 5.82 Å². The van der Waals surface area contributed by atoms with Gasteiger partial charge in [0.1, 0.15) is 5.69 Å². The van der Waals surface area contributed by atoms with Crippen LogP contribution in [0.4, 0.5) is 10.1 Å². The van der Waals surface area contributed by atoms with Crippen LogP contribution in [-0.4, -0.2) is 30.8 Å². The molecule has 0 aliphatic carbocycles. The fourth-order valence-electron chi connectivity index (χ4n) is 2.37. The van der Waals surface area contributed by atoms with E-state index in [1.54, 1.807) is 19.2 Å². The summed E-state index contributed by atoms with van der Waals surface area (Å²) in [4.78, 5) is 11.6. The van der Waals surface area contributed by atoms with Crippen molar-refractivity contribution in [1.29, 1.82) is 0 Å². The van der Waals surface area contributed by atoms with E-state index in [1.165, 1.54) is 47.3 Å². The molecule has 1 heterocycles. The van der Waals surface area contributed by atoms with E-state index in [0.29, 0.717) is 0 Å². The normalized spacial score (nSPS) is 11.2. The van der Waals surface area contributed by atoms with Crippen LogP contribution in [0.25, 0.3) is 5.69 Å². The van der Waals surface area contributed by atoms with Crippen LogP contribution >= 0.6 is 0 Å². The second-order valence-corrected chi connectivity index (χ2v) is 7.15. The number of carbonyl (C=O) groups excluding carboxylic acids is 1. The van der Waals surface area contributed by atoms with Gasteiger partial charge < -0.3 is 4.74 Å². The summed E-state index contributed by atoms with van der Waals surface area (Å²) in [6.45, 7) is 1.90.